The van der Waals surface area contributed by atoms with Crippen LogP contribution in [0.5, 0.6) is 0 Å². The number of aliphatic hydroxyl groups is 1. The Morgan fingerprint density at radius 3 is 2.53 bits per heavy atom. The SMILES string of the molecule is O=C(NCC1(CO)CCCC1)C1CCNCC1. The van der Waals surface area contributed by atoms with Gasteiger partial charge in [-0.05, 0) is 38.8 Å². The van der Waals surface area contributed by atoms with Crippen molar-refractivity contribution in [2.75, 3.05) is 26.2 Å². The van der Waals surface area contributed by atoms with Gasteiger partial charge in [0.05, 0.1) is 6.61 Å². The van der Waals surface area contributed by atoms with E-state index in [1.165, 1.54) is 12.8 Å². The fourth-order valence-electron chi connectivity index (χ4n) is 3.02. The van der Waals surface area contributed by atoms with Crippen LogP contribution in [0.4, 0.5) is 0 Å². The third-order valence-corrected chi connectivity index (χ3v) is 4.35. The first-order valence-electron chi connectivity index (χ1n) is 6.85. The van der Waals surface area contributed by atoms with E-state index in [1.54, 1.807) is 0 Å². The number of amides is 1. The third kappa shape index (κ3) is 3.19. The number of rotatable bonds is 4. The monoisotopic (exact) mass is 240 g/mol. The van der Waals surface area contributed by atoms with Crippen molar-refractivity contribution in [3.8, 4) is 0 Å². The molecule has 1 amide bonds. The van der Waals surface area contributed by atoms with Gasteiger partial charge in [-0.3, -0.25) is 4.79 Å². The molecule has 1 aliphatic heterocycles. The molecule has 2 rings (SSSR count). The summed E-state index contributed by atoms with van der Waals surface area (Å²) < 4.78 is 0. The molecule has 17 heavy (non-hydrogen) atoms. The predicted octanol–water partition coefficient (Wildman–Crippen LogP) is 0.655. The van der Waals surface area contributed by atoms with Gasteiger partial charge in [-0.25, -0.2) is 0 Å². The molecule has 1 saturated heterocycles. The summed E-state index contributed by atoms with van der Waals surface area (Å²) in [4.78, 5) is 12.0. The molecule has 0 aromatic heterocycles. The number of piperidine rings is 1. The van der Waals surface area contributed by atoms with Crippen molar-refractivity contribution in [2.24, 2.45) is 11.3 Å². The molecule has 0 aromatic rings. The van der Waals surface area contributed by atoms with Crippen molar-refractivity contribution in [1.82, 2.24) is 10.6 Å². The van der Waals surface area contributed by atoms with Crippen molar-refractivity contribution in [3.05, 3.63) is 0 Å². The van der Waals surface area contributed by atoms with Gasteiger partial charge in [0.2, 0.25) is 5.91 Å². The van der Waals surface area contributed by atoms with Crippen LogP contribution in [-0.4, -0.2) is 37.3 Å². The molecular weight excluding hydrogens is 216 g/mol. The summed E-state index contributed by atoms with van der Waals surface area (Å²) in [7, 11) is 0. The van der Waals surface area contributed by atoms with Crippen LogP contribution in [0.2, 0.25) is 0 Å². The quantitative estimate of drug-likeness (QED) is 0.676. The Balaban J connectivity index is 1.78. The van der Waals surface area contributed by atoms with E-state index in [-0.39, 0.29) is 23.8 Å². The summed E-state index contributed by atoms with van der Waals surface area (Å²) in [5.74, 6) is 0.361. The molecule has 0 spiro atoms. The minimum absolute atomic E-state index is 0.0252. The van der Waals surface area contributed by atoms with Gasteiger partial charge in [-0.2, -0.15) is 0 Å². The van der Waals surface area contributed by atoms with Crippen LogP contribution in [0.3, 0.4) is 0 Å². The zero-order chi connectivity index (χ0) is 12.1. The summed E-state index contributed by atoms with van der Waals surface area (Å²) in [5.41, 5.74) is -0.0252. The van der Waals surface area contributed by atoms with Crippen LogP contribution in [0.1, 0.15) is 38.5 Å². The van der Waals surface area contributed by atoms with Crippen LogP contribution in [0.15, 0.2) is 0 Å². The highest BCUT2D eigenvalue weighted by atomic mass is 16.3. The molecule has 0 unspecified atom stereocenters. The van der Waals surface area contributed by atoms with Gasteiger partial charge in [0.25, 0.3) is 0 Å². The highest BCUT2D eigenvalue weighted by Crippen LogP contribution is 2.36. The fourth-order valence-corrected chi connectivity index (χ4v) is 3.02. The summed E-state index contributed by atoms with van der Waals surface area (Å²) in [6.45, 7) is 2.76. The van der Waals surface area contributed by atoms with E-state index >= 15 is 0 Å². The van der Waals surface area contributed by atoms with Crippen molar-refractivity contribution in [3.63, 3.8) is 0 Å². The van der Waals surface area contributed by atoms with Gasteiger partial charge < -0.3 is 15.7 Å². The van der Waals surface area contributed by atoms with Crippen LogP contribution in [0, 0.1) is 11.3 Å². The maximum Gasteiger partial charge on any atom is 0.223 e. The van der Waals surface area contributed by atoms with Crippen LogP contribution in [0.25, 0.3) is 0 Å². The van der Waals surface area contributed by atoms with Crippen molar-refractivity contribution in [2.45, 2.75) is 38.5 Å². The molecule has 1 heterocycles. The van der Waals surface area contributed by atoms with Gasteiger partial charge in [0.1, 0.15) is 0 Å². The van der Waals surface area contributed by atoms with E-state index in [4.69, 9.17) is 0 Å². The first-order chi connectivity index (χ1) is 8.26. The minimum Gasteiger partial charge on any atom is -0.396 e. The molecule has 98 valence electrons. The molecule has 1 aliphatic carbocycles. The van der Waals surface area contributed by atoms with Crippen molar-refractivity contribution in [1.29, 1.82) is 0 Å². The lowest BCUT2D eigenvalue weighted by molar-refractivity contribution is -0.126. The zero-order valence-corrected chi connectivity index (χ0v) is 10.5. The number of aliphatic hydroxyl groups excluding tert-OH is 1. The largest absolute Gasteiger partial charge is 0.396 e. The first-order valence-corrected chi connectivity index (χ1v) is 6.85. The van der Waals surface area contributed by atoms with Gasteiger partial charge in [0, 0.05) is 17.9 Å². The van der Waals surface area contributed by atoms with E-state index in [2.05, 4.69) is 10.6 Å². The second kappa shape index (κ2) is 5.83. The molecule has 0 atom stereocenters. The summed E-state index contributed by atoms with van der Waals surface area (Å²) in [5, 5.41) is 15.8. The predicted molar refractivity (Wildman–Crippen MR) is 66.6 cm³/mol. The number of nitrogens with one attached hydrogen (secondary N) is 2. The van der Waals surface area contributed by atoms with Gasteiger partial charge in [-0.1, -0.05) is 12.8 Å². The Morgan fingerprint density at radius 1 is 1.29 bits per heavy atom. The standard InChI is InChI=1S/C13H24N2O2/c16-10-13(5-1-2-6-13)9-15-12(17)11-3-7-14-8-4-11/h11,14,16H,1-10H2,(H,15,17). The smallest absolute Gasteiger partial charge is 0.223 e. The Kier molecular flexibility index (Phi) is 4.40. The van der Waals surface area contributed by atoms with E-state index in [0.717, 1.165) is 38.8 Å². The second-order valence-corrected chi connectivity index (χ2v) is 5.61. The zero-order valence-electron chi connectivity index (χ0n) is 10.5. The van der Waals surface area contributed by atoms with Crippen LogP contribution < -0.4 is 10.6 Å². The maximum atomic E-state index is 12.0. The summed E-state index contributed by atoms with van der Waals surface area (Å²) in [6, 6.07) is 0. The summed E-state index contributed by atoms with van der Waals surface area (Å²) >= 11 is 0. The topological polar surface area (TPSA) is 61.4 Å². The van der Waals surface area contributed by atoms with Crippen LogP contribution >= 0.6 is 0 Å². The third-order valence-electron chi connectivity index (χ3n) is 4.35. The number of carbonyl (C=O) groups is 1. The Labute approximate surface area is 103 Å². The molecule has 0 radical (unpaired) electrons. The molecule has 4 nitrogen and oxygen atoms in total. The Hall–Kier alpha value is -0.610. The van der Waals surface area contributed by atoms with Gasteiger partial charge in [-0.15, -0.1) is 0 Å². The lowest BCUT2D eigenvalue weighted by atomic mass is 9.86. The number of hydrogen-bond donors (Lipinski definition) is 3. The minimum atomic E-state index is -0.0252. The van der Waals surface area contributed by atoms with E-state index in [1.807, 2.05) is 0 Å². The van der Waals surface area contributed by atoms with Crippen LogP contribution in [-0.2, 0) is 4.79 Å². The molecule has 2 aliphatic rings. The first kappa shape index (κ1) is 12.8. The molecule has 1 saturated carbocycles. The van der Waals surface area contributed by atoms with E-state index < -0.39 is 0 Å². The van der Waals surface area contributed by atoms with Gasteiger partial charge in [0.15, 0.2) is 0 Å². The second-order valence-electron chi connectivity index (χ2n) is 5.61. The highest BCUT2D eigenvalue weighted by Gasteiger charge is 2.34. The average Bonchev–Trinajstić information content (AvgIpc) is 2.86. The molecular formula is C13H24N2O2. The lowest BCUT2D eigenvalue weighted by Gasteiger charge is -2.28. The normalized spacial score (nSPS) is 24.8. The highest BCUT2D eigenvalue weighted by molar-refractivity contribution is 5.78. The van der Waals surface area contributed by atoms with E-state index in [0.29, 0.717) is 6.54 Å². The van der Waals surface area contributed by atoms with Crippen molar-refractivity contribution < 1.29 is 9.90 Å². The van der Waals surface area contributed by atoms with E-state index in [9.17, 15) is 9.90 Å². The fraction of sp³-hybridized carbons (Fsp3) is 0.923. The van der Waals surface area contributed by atoms with Gasteiger partial charge >= 0.3 is 0 Å². The molecule has 0 aromatic carbocycles. The molecule has 4 heteroatoms. The lowest BCUT2D eigenvalue weighted by Crippen LogP contribution is -2.43. The average molecular weight is 240 g/mol. The summed E-state index contributed by atoms with van der Waals surface area (Å²) in [6.07, 6.45) is 6.36. The molecule has 0 bridgehead atoms. The molecule has 3 N–H and O–H groups in total. The Bertz CT molecular complexity index is 256. The molecule has 2 fully saturated rings. The number of hydrogen-bond acceptors (Lipinski definition) is 3. The van der Waals surface area contributed by atoms with Crippen molar-refractivity contribution >= 4 is 5.91 Å². The maximum absolute atomic E-state index is 12.0. The number of carbonyl (C=O) groups excluding carboxylic acids is 1. The Morgan fingerprint density at radius 2 is 1.94 bits per heavy atom.